The van der Waals surface area contributed by atoms with Gasteiger partial charge >= 0.3 is 6.09 Å². The minimum atomic E-state index is -0.312. The fourth-order valence-corrected chi connectivity index (χ4v) is 4.08. The normalized spacial score (nSPS) is 19.9. The average molecular weight is 444 g/mol. The number of nitrogens with one attached hydrogen (secondary N) is 1. The minimum absolute atomic E-state index is 0.0923. The van der Waals surface area contributed by atoms with Gasteiger partial charge in [-0.1, -0.05) is 11.6 Å². The summed E-state index contributed by atoms with van der Waals surface area (Å²) in [7, 11) is 0. The largest absolute Gasteiger partial charge is 0.490 e. The molecule has 0 spiro atoms. The van der Waals surface area contributed by atoms with Crippen molar-refractivity contribution in [3.63, 3.8) is 0 Å². The van der Waals surface area contributed by atoms with Gasteiger partial charge in [-0.3, -0.25) is 14.6 Å². The molecule has 0 saturated carbocycles. The van der Waals surface area contributed by atoms with E-state index >= 15 is 0 Å². The number of anilines is 2. The number of ether oxygens (including phenoxy) is 2. The molecule has 0 radical (unpaired) electrons. The van der Waals surface area contributed by atoms with Crippen molar-refractivity contribution < 1.29 is 19.1 Å². The van der Waals surface area contributed by atoms with Crippen molar-refractivity contribution in [2.24, 2.45) is 0 Å². The molecule has 0 aromatic heterocycles. The van der Waals surface area contributed by atoms with E-state index in [9.17, 15) is 9.59 Å². The van der Waals surface area contributed by atoms with Crippen LogP contribution in [0.3, 0.4) is 0 Å². The van der Waals surface area contributed by atoms with Crippen LogP contribution in [0, 0.1) is 0 Å². The highest BCUT2D eigenvalue weighted by molar-refractivity contribution is 6.30. The molecule has 2 fully saturated rings. The number of piperidine rings is 1. The molecule has 8 heteroatoms. The Balaban J connectivity index is 1.23. The molecule has 0 unspecified atom stereocenters. The molecule has 4 rings (SSSR count). The molecule has 1 N–H and O–H groups in total. The summed E-state index contributed by atoms with van der Waals surface area (Å²) >= 11 is 5.93. The smallest absolute Gasteiger partial charge is 0.414 e. The molecular formula is C23H26ClN3O4. The maximum atomic E-state index is 12.3. The van der Waals surface area contributed by atoms with E-state index in [0.29, 0.717) is 18.1 Å². The molecule has 2 heterocycles. The highest BCUT2D eigenvalue weighted by Gasteiger charge is 2.34. The van der Waals surface area contributed by atoms with Gasteiger partial charge in [-0.2, -0.15) is 0 Å². The highest BCUT2D eigenvalue weighted by atomic mass is 35.5. The van der Waals surface area contributed by atoms with Gasteiger partial charge in [0.05, 0.1) is 6.54 Å². The van der Waals surface area contributed by atoms with Crippen molar-refractivity contribution in [2.45, 2.75) is 32.0 Å². The van der Waals surface area contributed by atoms with Crippen molar-refractivity contribution in [2.75, 3.05) is 36.4 Å². The Morgan fingerprint density at radius 1 is 1.13 bits per heavy atom. The lowest BCUT2D eigenvalue weighted by atomic mass is 10.1. The number of likely N-dealkylation sites (tertiary alicyclic amines) is 1. The maximum Gasteiger partial charge on any atom is 0.414 e. The third-order valence-electron chi connectivity index (χ3n) is 5.49. The van der Waals surface area contributed by atoms with Crippen LogP contribution in [0.25, 0.3) is 0 Å². The molecule has 2 amide bonds. The van der Waals surface area contributed by atoms with Crippen molar-refractivity contribution in [1.29, 1.82) is 0 Å². The van der Waals surface area contributed by atoms with Gasteiger partial charge < -0.3 is 14.8 Å². The first-order valence-corrected chi connectivity index (χ1v) is 10.8. The van der Waals surface area contributed by atoms with Crippen LogP contribution in [0.4, 0.5) is 16.2 Å². The van der Waals surface area contributed by atoms with Gasteiger partial charge in [-0.15, -0.1) is 0 Å². The number of carbonyl (C=O) groups excluding carboxylic acids is 2. The Morgan fingerprint density at radius 3 is 2.45 bits per heavy atom. The molecule has 164 valence electrons. The summed E-state index contributed by atoms with van der Waals surface area (Å²) in [4.78, 5) is 27.3. The Hall–Kier alpha value is -2.77. The average Bonchev–Trinajstić information content (AvgIpc) is 3.11. The van der Waals surface area contributed by atoms with E-state index in [4.69, 9.17) is 21.1 Å². The number of halogens is 1. The standard InChI is InChI=1S/C23H26ClN3O4/c1-16(28)25-18-4-8-20(9-5-18)30-21-10-12-26(13-11-21)14-22-15-27(23(29)31-22)19-6-2-17(24)3-7-19/h2-9,21-22H,10-15H2,1H3,(H,25,28)/t22-/m1/s1. The third kappa shape index (κ3) is 5.68. The number of hydrogen-bond donors (Lipinski definition) is 1. The number of rotatable bonds is 6. The molecule has 2 aromatic carbocycles. The molecule has 2 aliphatic rings. The van der Waals surface area contributed by atoms with Crippen LogP contribution < -0.4 is 15.0 Å². The lowest BCUT2D eigenvalue weighted by Crippen LogP contribution is -2.42. The Kier molecular flexibility index (Phi) is 6.63. The first kappa shape index (κ1) is 21.5. The molecule has 0 bridgehead atoms. The van der Waals surface area contributed by atoms with E-state index in [1.54, 1.807) is 17.0 Å². The van der Waals surface area contributed by atoms with Crippen LogP contribution in [0.5, 0.6) is 5.75 Å². The molecule has 1 atom stereocenters. The molecule has 2 saturated heterocycles. The Morgan fingerprint density at radius 2 is 1.81 bits per heavy atom. The summed E-state index contributed by atoms with van der Waals surface area (Å²) in [5.41, 5.74) is 1.56. The van der Waals surface area contributed by atoms with Gasteiger partial charge in [0, 0.05) is 43.0 Å². The summed E-state index contributed by atoms with van der Waals surface area (Å²) < 4.78 is 11.7. The molecule has 0 aliphatic carbocycles. The van der Waals surface area contributed by atoms with E-state index in [2.05, 4.69) is 10.2 Å². The fraction of sp³-hybridized carbons (Fsp3) is 0.391. The monoisotopic (exact) mass is 443 g/mol. The Labute approximate surface area is 186 Å². The van der Waals surface area contributed by atoms with Crippen molar-refractivity contribution in [3.8, 4) is 5.75 Å². The molecular weight excluding hydrogens is 418 g/mol. The predicted octanol–water partition coefficient (Wildman–Crippen LogP) is 4.17. The van der Waals surface area contributed by atoms with Crippen molar-refractivity contribution >= 4 is 35.0 Å². The van der Waals surface area contributed by atoms with Crippen LogP contribution >= 0.6 is 11.6 Å². The molecule has 31 heavy (non-hydrogen) atoms. The second-order valence-corrected chi connectivity index (χ2v) is 8.35. The van der Waals surface area contributed by atoms with Gasteiger partial charge in [0.15, 0.2) is 0 Å². The van der Waals surface area contributed by atoms with Crippen LogP contribution in [-0.4, -0.2) is 55.3 Å². The van der Waals surface area contributed by atoms with Crippen LogP contribution in [0.2, 0.25) is 5.02 Å². The number of carbonyl (C=O) groups is 2. The molecule has 2 aromatic rings. The zero-order valence-electron chi connectivity index (χ0n) is 17.4. The quantitative estimate of drug-likeness (QED) is 0.725. The molecule has 7 nitrogen and oxygen atoms in total. The van der Waals surface area contributed by atoms with E-state index in [1.807, 2.05) is 36.4 Å². The second-order valence-electron chi connectivity index (χ2n) is 7.92. The summed E-state index contributed by atoms with van der Waals surface area (Å²) in [6, 6.07) is 14.6. The van der Waals surface area contributed by atoms with E-state index in [-0.39, 0.29) is 24.2 Å². The lowest BCUT2D eigenvalue weighted by Gasteiger charge is -2.33. The maximum absolute atomic E-state index is 12.3. The summed E-state index contributed by atoms with van der Waals surface area (Å²) in [5.74, 6) is 0.709. The first-order valence-electron chi connectivity index (χ1n) is 10.5. The van der Waals surface area contributed by atoms with Gasteiger partial charge in [-0.05, 0) is 61.4 Å². The first-order chi connectivity index (χ1) is 15.0. The number of cyclic esters (lactones) is 1. The SMILES string of the molecule is CC(=O)Nc1ccc(OC2CCN(C[C@@H]3CN(c4ccc(Cl)cc4)C(=O)O3)CC2)cc1. The van der Waals surface area contributed by atoms with E-state index in [1.165, 1.54) is 6.92 Å². The zero-order valence-corrected chi connectivity index (χ0v) is 18.2. The van der Waals surface area contributed by atoms with Crippen LogP contribution in [0.1, 0.15) is 19.8 Å². The zero-order chi connectivity index (χ0) is 21.8. The Bertz CT molecular complexity index is 911. The number of nitrogens with zero attached hydrogens (tertiary/aromatic N) is 2. The highest BCUT2D eigenvalue weighted by Crippen LogP contribution is 2.25. The predicted molar refractivity (Wildman–Crippen MR) is 120 cm³/mol. The summed E-state index contributed by atoms with van der Waals surface area (Å²) in [5, 5.41) is 3.39. The van der Waals surface area contributed by atoms with Crippen molar-refractivity contribution in [1.82, 2.24) is 4.90 Å². The van der Waals surface area contributed by atoms with Gasteiger partial charge in [0.2, 0.25) is 5.91 Å². The summed E-state index contributed by atoms with van der Waals surface area (Å²) in [6.45, 7) is 4.53. The van der Waals surface area contributed by atoms with Crippen LogP contribution in [0.15, 0.2) is 48.5 Å². The van der Waals surface area contributed by atoms with E-state index in [0.717, 1.165) is 43.1 Å². The fourth-order valence-electron chi connectivity index (χ4n) is 3.96. The van der Waals surface area contributed by atoms with Gasteiger partial charge in [0.1, 0.15) is 18.0 Å². The van der Waals surface area contributed by atoms with Crippen LogP contribution in [-0.2, 0) is 9.53 Å². The van der Waals surface area contributed by atoms with E-state index < -0.39 is 0 Å². The van der Waals surface area contributed by atoms with Crippen molar-refractivity contribution in [3.05, 3.63) is 53.6 Å². The number of amides is 2. The minimum Gasteiger partial charge on any atom is -0.490 e. The summed E-state index contributed by atoms with van der Waals surface area (Å²) in [6.07, 6.45) is 1.51. The van der Waals surface area contributed by atoms with Gasteiger partial charge in [0.25, 0.3) is 0 Å². The topological polar surface area (TPSA) is 71.1 Å². The number of benzene rings is 2. The number of hydrogen-bond acceptors (Lipinski definition) is 5. The lowest BCUT2D eigenvalue weighted by molar-refractivity contribution is -0.114. The van der Waals surface area contributed by atoms with Gasteiger partial charge in [-0.25, -0.2) is 4.79 Å². The molecule has 2 aliphatic heterocycles. The third-order valence-corrected chi connectivity index (χ3v) is 5.74. The second kappa shape index (κ2) is 9.58.